The van der Waals surface area contributed by atoms with Gasteiger partial charge in [0.15, 0.2) is 0 Å². The second kappa shape index (κ2) is 4.61. The molecule has 18 heavy (non-hydrogen) atoms. The first-order chi connectivity index (χ1) is 8.75. The van der Waals surface area contributed by atoms with Crippen LogP contribution in [0.5, 0.6) is 0 Å². The predicted molar refractivity (Wildman–Crippen MR) is 68.3 cm³/mol. The molecule has 0 bridgehead atoms. The van der Waals surface area contributed by atoms with E-state index in [0.29, 0.717) is 18.4 Å². The van der Waals surface area contributed by atoms with Crippen LogP contribution in [0.15, 0.2) is 30.3 Å². The van der Waals surface area contributed by atoms with Gasteiger partial charge in [0.25, 0.3) is 0 Å². The van der Waals surface area contributed by atoms with Gasteiger partial charge in [-0.15, -0.1) is 0 Å². The number of hydrogen-bond acceptors (Lipinski definition) is 2. The van der Waals surface area contributed by atoms with Crippen LogP contribution in [0.1, 0.15) is 12.0 Å². The van der Waals surface area contributed by atoms with Crippen molar-refractivity contribution in [3.8, 4) is 0 Å². The van der Waals surface area contributed by atoms with E-state index in [1.54, 1.807) is 4.90 Å². The van der Waals surface area contributed by atoms with Crippen LogP contribution in [0.4, 0.5) is 4.79 Å². The van der Waals surface area contributed by atoms with E-state index in [1.807, 2.05) is 30.3 Å². The van der Waals surface area contributed by atoms with Gasteiger partial charge in [-0.1, -0.05) is 30.3 Å². The van der Waals surface area contributed by atoms with Gasteiger partial charge in [0, 0.05) is 13.1 Å². The first-order valence-electron chi connectivity index (χ1n) is 6.50. The molecule has 2 fully saturated rings. The zero-order valence-corrected chi connectivity index (χ0v) is 10.2. The standard InChI is InChI=1S/C14H18N2O2/c17-14(18)16(9-10-4-2-1-3-5-10)13-8-15-7-11-6-12(11)13/h1-5,11-13,15H,6-9H2,(H,17,18)/t11-,12-,13+/m1/s1. The van der Waals surface area contributed by atoms with Crippen LogP contribution in [0.2, 0.25) is 0 Å². The first-order valence-corrected chi connectivity index (χ1v) is 6.50. The molecule has 1 heterocycles. The molecule has 1 aliphatic heterocycles. The van der Waals surface area contributed by atoms with E-state index in [1.165, 1.54) is 6.42 Å². The van der Waals surface area contributed by atoms with Crippen LogP contribution in [0.25, 0.3) is 0 Å². The number of amides is 1. The highest BCUT2D eigenvalue weighted by atomic mass is 16.4. The largest absolute Gasteiger partial charge is 0.465 e. The average molecular weight is 246 g/mol. The van der Waals surface area contributed by atoms with Crippen LogP contribution < -0.4 is 5.32 Å². The SMILES string of the molecule is O=C(O)N(Cc1ccccc1)[C@H]1CNC[C@H]2C[C@H]21. The number of piperidine rings is 1. The summed E-state index contributed by atoms with van der Waals surface area (Å²) in [6.45, 7) is 2.34. The van der Waals surface area contributed by atoms with Crippen molar-refractivity contribution in [2.45, 2.75) is 19.0 Å². The summed E-state index contributed by atoms with van der Waals surface area (Å²) < 4.78 is 0. The maximum Gasteiger partial charge on any atom is 0.407 e. The third-order valence-electron chi connectivity index (χ3n) is 4.07. The second-order valence-corrected chi connectivity index (χ2v) is 5.28. The minimum atomic E-state index is -0.807. The van der Waals surface area contributed by atoms with Crippen LogP contribution >= 0.6 is 0 Å². The Labute approximate surface area is 107 Å². The molecule has 1 aliphatic carbocycles. The Morgan fingerprint density at radius 2 is 2.11 bits per heavy atom. The summed E-state index contributed by atoms with van der Waals surface area (Å²) in [5, 5.41) is 12.8. The number of rotatable bonds is 3. The van der Waals surface area contributed by atoms with E-state index in [0.717, 1.165) is 18.7 Å². The van der Waals surface area contributed by atoms with Crippen molar-refractivity contribution in [3.63, 3.8) is 0 Å². The normalized spacial score (nSPS) is 29.4. The van der Waals surface area contributed by atoms with Gasteiger partial charge in [-0.2, -0.15) is 0 Å². The van der Waals surface area contributed by atoms with Crippen molar-refractivity contribution in [1.82, 2.24) is 10.2 Å². The quantitative estimate of drug-likeness (QED) is 0.854. The molecule has 3 atom stereocenters. The third-order valence-corrected chi connectivity index (χ3v) is 4.07. The second-order valence-electron chi connectivity index (χ2n) is 5.28. The maximum atomic E-state index is 11.5. The van der Waals surface area contributed by atoms with Gasteiger partial charge in [-0.3, -0.25) is 4.90 Å². The minimum Gasteiger partial charge on any atom is -0.465 e. The van der Waals surface area contributed by atoms with Crippen molar-refractivity contribution in [3.05, 3.63) is 35.9 Å². The number of benzene rings is 1. The van der Waals surface area contributed by atoms with E-state index in [2.05, 4.69) is 5.32 Å². The Bertz CT molecular complexity index is 435. The van der Waals surface area contributed by atoms with Gasteiger partial charge in [0.2, 0.25) is 0 Å². The van der Waals surface area contributed by atoms with E-state index in [4.69, 9.17) is 0 Å². The molecule has 96 valence electrons. The highest BCUT2D eigenvalue weighted by Crippen LogP contribution is 2.44. The summed E-state index contributed by atoms with van der Waals surface area (Å²) in [6, 6.07) is 9.96. The molecule has 1 aromatic carbocycles. The number of fused-ring (bicyclic) bond motifs is 1. The molecule has 2 N–H and O–H groups in total. The van der Waals surface area contributed by atoms with Gasteiger partial charge in [0.1, 0.15) is 0 Å². The molecule has 1 saturated carbocycles. The molecule has 4 nitrogen and oxygen atoms in total. The Morgan fingerprint density at radius 1 is 1.33 bits per heavy atom. The number of hydrogen-bond donors (Lipinski definition) is 2. The van der Waals surface area contributed by atoms with Crippen LogP contribution in [0.3, 0.4) is 0 Å². The summed E-state index contributed by atoms with van der Waals surface area (Å²) in [5.41, 5.74) is 1.06. The Balaban J connectivity index is 1.74. The van der Waals surface area contributed by atoms with Crippen molar-refractivity contribution in [1.29, 1.82) is 0 Å². The fourth-order valence-electron chi connectivity index (χ4n) is 2.99. The lowest BCUT2D eigenvalue weighted by molar-refractivity contribution is 0.106. The van der Waals surface area contributed by atoms with Crippen molar-refractivity contribution in [2.75, 3.05) is 13.1 Å². The summed E-state index contributed by atoms with van der Waals surface area (Å²) in [6.07, 6.45) is 0.370. The van der Waals surface area contributed by atoms with Gasteiger partial charge < -0.3 is 10.4 Å². The highest BCUT2D eigenvalue weighted by molar-refractivity contribution is 5.65. The lowest BCUT2D eigenvalue weighted by Gasteiger charge is -2.32. The smallest absolute Gasteiger partial charge is 0.407 e. The maximum absolute atomic E-state index is 11.5. The molecular formula is C14H18N2O2. The van der Waals surface area contributed by atoms with Crippen LogP contribution in [-0.2, 0) is 6.54 Å². The van der Waals surface area contributed by atoms with Crippen molar-refractivity contribution < 1.29 is 9.90 Å². The van der Waals surface area contributed by atoms with Crippen LogP contribution in [-0.4, -0.2) is 35.2 Å². The van der Waals surface area contributed by atoms with E-state index >= 15 is 0 Å². The van der Waals surface area contributed by atoms with Gasteiger partial charge in [-0.05, 0) is 30.4 Å². The predicted octanol–water partition coefficient (Wildman–Crippen LogP) is 1.77. The molecular weight excluding hydrogens is 228 g/mol. The molecule has 3 rings (SSSR count). The van der Waals surface area contributed by atoms with Crippen LogP contribution in [0, 0.1) is 11.8 Å². The number of nitrogens with zero attached hydrogens (tertiary/aromatic N) is 1. The van der Waals surface area contributed by atoms with E-state index in [-0.39, 0.29) is 6.04 Å². The zero-order valence-electron chi connectivity index (χ0n) is 10.2. The van der Waals surface area contributed by atoms with E-state index in [9.17, 15) is 9.90 Å². The molecule has 2 aliphatic rings. The number of carboxylic acid groups (broad SMARTS) is 1. The number of carbonyl (C=O) groups is 1. The molecule has 1 amide bonds. The molecule has 1 saturated heterocycles. The van der Waals surface area contributed by atoms with Gasteiger partial charge in [0.05, 0.1) is 6.04 Å². The average Bonchev–Trinajstić information content (AvgIpc) is 3.16. The fraction of sp³-hybridized carbons (Fsp3) is 0.500. The summed E-state index contributed by atoms with van der Waals surface area (Å²) in [5.74, 6) is 1.27. The monoisotopic (exact) mass is 246 g/mol. The molecule has 0 radical (unpaired) electrons. The van der Waals surface area contributed by atoms with Crippen molar-refractivity contribution >= 4 is 6.09 Å². The van der Waals surface area contributed by atoms with E-state index < -0.39 is 6.09 Å². The van der Waals surface area contributed by atoms with Gasteiger partial charge in [-0.25, -0.2) is 4.79 Å². The molecule has 0 aromatic heterocycles. The first kappa shape index (κ1) is 11.5. The summed E-state index contributed by atoms with van der Waals surface area (Å²) in [7, 11) is 0. The van der Waals surface area contributed by atoms with Gasteiger partial charge >= 0.3 is 6.09 Å². The molecule has 0 unspecified atom stereocenters. The molecule has 1 aromatic rings. The lowest BCUT2D eigenvalue weighted by Crippen LogP contribution is -2.49. The number of nitrogens with one attached hydrogen (secondary N) is 1. The Hall–Kier alpha value is -1.55. The molecule has 4 heteroatoms. The molecule has 0 spiro atoms. The lowest BCUT2D eigenvalue weighted by atomic mass is 10.0. The minimum absolute atomic E-state index is 0.140. The van der Waals surface area contributed by atoms with Crippen molar-refractivity contribution in [2.24, 2.45) is 11.8 Å². The topological polar surface area (TPSA) is 52.6 Å². The zero-order chi connectivity index (χ0) is 12.5. The Kier molecular flexibility index (Phi) is 2.96. The third kappa shape index (κ3) is 2.20. The Morgan fingerprint density at radius 3 is 2.83 bits per heavy atom. The highest BCUT2D eigenvalue weighted by Gasteiger charge is 2.48. The summed E-state index contributed by atoms with van der Waals surface area (Å²) >= 11 is 0. The summed E-state index contributed by atoms with van der Waals surface area (Å²) in [4.78, 5) is 13.1. The fourth-order valence-corrected chi connectivity index (χ4v) is 2.99.